The van der Waals surface area contributed by atoms with Gasteiger partial charge in [0, 0.05) is 11.1 Å². The molecule has 9 heteroatoms. The van der Waals surface area contributed by atoms with Gasteiger partial charge in [0.1, 0.15) is 16.7 Å². The second kappa shape index (κ2) is 10.8. The molecular formula is C31H27N5O4. The van der Waals surface area contributed by atoms with Crippen LogP contribution in [-0.4, -0.2) is 38.3 Å². The van der Waals surface area contributed by atoms with Crippen LogP contribution in [0.25, 0.3) is 27.9 Å². The van der Waals surface area contributed by atoms with Gasteiger partial charge in [-0.25, -0.2) is 4.79 Å². The van der Waals surface area contributed by atoms with Gasteiger partial charge in [-0.2, -0.15) is 15.4 Å². The first-order valence-electron chi connectivity index (χ1n) is 12.7. The third-order valence-corrected chi connectivity index (χ3v) is 6.79. The summed E-state index contributed by atoms with van der Waals surface area (Å²) in [7, 11) is 0. The molecule has 0 aliphatic heterocycles. The van der Waals surface area contributed by atoms with Gasteiger partial charge in [0.15, 0.2) is 0 Å². The van der Waals surface area contributed by atoms with Crippen LogP contribution in [0, 0.1) is 13.8 Å². The monoisotopic (exact) mass is 533 g/mol. The normalized spacial score (nSPS) is 12.3. The highest BCUT2D eigenvalue weighted by atomic mass is 16.4. The number of rotatable bonds is 7. The summed E-state index contributed by atoms with van der Waals surface area (Å²) in [6.45, 7) is 5.37. The lowest BCUT2D eigenvalue weighted by molar-refractivity contribution is -0.132. The minimum Gasteiger partial charge on any atom is -0.477 e. The van der Waals surface area contributed by atoms with Crippen molar-refractivity contribution in [2.24, 2.45) is 0 Å². The topological polar surface area (TPSA) is 137 Å². The summed E-state index contributed by atoms with van der Waals surface area (Å²) in [6, 6.07) is 22.1. The molecule has 0 aliphatic rings. The summed E-state index contributed by atoms with van der Waals surface area (Å²) in [4.78, 5) is 38.3. The Morgan fingerprint density at radius 2 is 1.57 bits per heavy atom. The van der Waals surface area contributed by atoms with E-state index in [0.717, 1.165) is 16.3 Å². The van der Waals surface area contributed by atoms with Gasteiger partial charge in [-0.1, -0.05) is 48.5 Å². The highest BCUT2D eigenvalue weighted by Gasteiger charge is 2.20. The van der Waals surface area contributed by atoms with E-state index >= 15 is 0 Å². The lowest BCUT2D eigenvalue weighted by atomic mass is 9.97. The number of benzene rings is 4. The second-order valence-electron chi connectivity index (χ2n) is 9.64. The summed E-state index contributed by atoms with van der Waals surface area (Å²) >= 11 is 0. The van der Waals surface area contributed by atoms with E-state index in [1.807, 2.05) is 49.4 Å². The van der Waals surface area contributed by atoms with E-state index in [1.165, 1.54) is 6.08 Å². The summed E-state index contributed by atoms with van der Waals surface area (Å²) in [5.41, 5.74) is 4.28. The van der Waals surface area contributed by atoms with Gasteiger partial charge < -0.3 is 15.7 Å². The molecule has 1 unspecified atom stereocenters. The number of amides is 2. The fourth-order valence-electron chi connectivity index (χ4n) is 4.89. The molecule has 0 radical (unpaired) electrons. The number of aromatic amines is 1. The summed E-state index contributed by atoms with van der Waals surface area (Å²) in [6.07, 6.45) is 1.36. The van der Waals surface area contributed by atoms with Crippen LogP contribution in [0.2, 0.25) is 0 Å². The fourth-order valence-corrected chi connectivity index (χ4v) is 4.89. The number of aromatic nitrogens is 3. The Hall–Kier alpha value is -5.31. The SMILES string of the molecule is Cc1cc(C(=O)NC(C)c2cccc3ccccc23)cc(C)c1C(=O)NC(=Cc1ccc2n[nH]nc2c1)C(=O)O. The zero-order chi connectivity index (χ0) is 28.4. The van der Waals surface area contributed by atoms with Crippen LogP contribution in [0.5, 0.6) is 0 Å². The van der Waals surface area contributed by atoms with Crippen molar-refractivity contribution in [3.63, 3.8) is 0 Å². The number of aliphatic carboxylic acids is 1. The van der Waals surface area contributed by atoms with Crippen molar-refractivity contribution in [2.45, 2.75) is 26.8 Å². The Morgan fingerprint density at radius 1 is 0.875 bits per heavy atom. The molecule has 0 fully saturated rings. The molecule has 1 aromatic heterocycles. The van der Waals surface area contributed by atoms with Crippen molar-refractivity contribution >= 4 is 45.7 Å². The van der Waals surface area contributed by atoms with Crippen molar-refractivity contribution in [3.05, 3.63) is 112 Å². The summed E-state index contributed by atoms with van der Waals surface area (Å²) in [5, 5.41) is 27.9. The molecule has 2 amide bonds. The van der Waals surface area contributed by atoms with Crippen LogP contribution in [0.3, 0.4) is 0 Å². The minimum atomic E-state index is -1.29. The lowest BCUT2D eigenvalue weighted by Crippen LogP contribution is -2.29. The van der Waals surface area contributed by atoms with E-state index < -0.39 is 11.9 Å². The van der Waals surface area contributed by atoms with E-state index in [1.54, 1.807) is 44.2 Å². The number of carboxylic acid groups (broad SMARTS) is 1. The Morgan fingerprint density at radius 3 is 2.33 bits per heavy atom. The van der Waals surface area contributed by atoms with Gasteiger partial charge in [-0.15, -0.1) is 0 Å². The minimum absolute atomic E-state index is 0.248. The number of hydrogen-bond donors (Lipinski definition) is 4. The van der Waals surface area contributed by atoms with Gasteiger partial charge in [0.25, 0.3) is 11.8 Å². The molecule has 1 heterocycles. The molecule has 9 nitrogen and oxygen atoms in total. The molecule has 0 spiro atoms. The average Bonchev–Trinajstić information content (AvgIpc) is 3.40. The molecule has 0 bridgehead atoms. The first-order chi connectivity index (χ1) is 19.2. The molecule has 5 aromatic rings. The summed E-state index contributed by atoms with van der Waals surface area (Å²) < 4.78 is 0. The van der Waals surface area contributed by atoms with Gasteiger partial charge in [-0.05, 0) is 84.1 Å². The first kappa shape index (κ1) is 26.3. The molecule has 0 saturated carbocycles. The highest BCUT2D eigenvalue weighted by Crippen LogP contribution is 2.25. The number of carboxylic acids is 1. The molecule has 40 heavy (non-hydrogen) atoms. The number of hydrogen-bond acceptors (Lipinski definition) is 5. The Kier molecular flexibility index (Phi) is 7.11. The third-order valence-electron chi connectivity index (χ3n) is 6.79. The number of fused-ring (bicyclic) bond motifs is 2. The molecule has 5 rings (SSSR count). The second-order valence-corrected chi connectivity index (χ2v) is 9.64. The molecule has 200 valence electrons. The molecule has 0 aliphatic carbocycles. The largest absolute Gasteiger partial charge is 0.477 e. The van der Waals surface area contributed by atoms with Gasteiger partial charge in [-0.3, -0.25) is 9.59 Å². The smallest absolute Gasteiger partial charge is 0.352 e. The number of nitrogens with one attached hydrogen (secondary N) is 3. The lowest BCUT2D eigenvalue weighted by Gasteiger charge is -2.18. The third kappa shape index (κ3) is 5.30. The van der Waals surface area contributed by atoms with Crippen LogP contribution < -0.4 is 10.6 Å². The van der Waals surface area contributed by atoms with Gasteiger partial charge in [0.2, 0.25) is 0 Å². The first-order valence-corrected chi connectivity index (χ1v) is 12.7. The molecule has 0 saturated heterocycles. The Balaban J connectivity index is 1.35. The molecular weight excluding hydrogens is 506 g/mol. The van der Waals surface area contributed by atoms with Crippen LogP contribution >= 0.6 is 0 Å². The number of carbonyl (C=O) groups is 3. The maximum absolute atomic E-state index is 13.2. The van der Waals surface area contributed by atoms with Crippen LogP contribution in [0.1, 0.15) is 55.9 Å². The van der Waals surface area contributed by atoms with Crippen LogP contribution in [0.4, 0.5) is 0 Å². The van der Waals surface area contributed by atoms with Crippen LogP contribution in [0.15, 0.2) is 78.5 Å². The van der Waals surface area contributed by atoms with Crippen molar-refractivity contribution in [1.82, 2.24) is 26.0 Å². The van der Waals surface area contributed by atoms with E-state index in [9.17, 15) is 19.5 Å². The zero-order valence-corrected chi connectivity index (χ0v) is 22.1. The fraction of sp³-hybridized carbons (Fsp3) is 0.129. The van der Waals surface area contributed by atoms with Gasteiger partial charge in [0.05, 0.1) is 6.04 Å². The standard InChI is InChI=1S/C31H27N5O4/c1-17-13-22(29(37)32-19(3)23-10-6-8-21-7-4-5-9-24(21)23)14-18(2)28(17)30(38)33-27(31(39)40)16-20-11-12-25-26(15-20)35-36-34-25/h4-16,19H,1-3H3,(H,32,37)(H,33,38)(H,39,40)(H,34,35,36). The predicted octanol–water partition coefficient (Wildman–Crippen LogP) is 5.07. The van der Waals surface area contributed by atoms with Crippen molar-refractivity contribution in [3.8, 4) is 0 Å². The number of aryl methyl sites for hydroxylation is 2. The quantitative estimate of drug-likeness (QED) is 0.216. The van der Waals surface area contributed by atoms with Crippen molar-refractivity contribution in [1.29, 1.82) is 0 Å². The van der Waals surface area contributed by atoms with Gasteiger partial charge >= 0.3 is 5.97 Å². The Labute approximate surface area is 229 Å². The summed E-state index contributed by atoms with van der Waals surface area (Å²) in [5.74, 6) is -2.14. The zero-order valence-electron chi connectivity index (χ0n) is 22.1. The van der Waals surface area contributed by atoms with E-state index in [2.05, 4.69) is 26.0 Å². The molecule has 4 aromatic carbocycles. The van der Waals surface area contributed by atoms with E-state index in [4.69, 9.17) is 0 Å². The maximum atomic E-state index is 13.2. The number of carbonyl (C=O) groups excluding carboxylic acids is 2. The maximum Gasteiger partial charge on any atom is 0.352 e. The van der Waals surface area contributed by atoms with Crippen LogP contribution in [-0.2, 0) is 4.79 Å². The predicted molar refractivity (Wildman–Crippen MR) is 153 cm³/mol. The molecule has 1 atom stereocenters. The average molecular weight is 534 g/mol. The van der Waals surface area contributed by atoms with Crippen molar-refractivity contribution in [2.75, 3.05) is 0 Å². The Bertz CT molecular complexity index is 1790. The van der Waals surface area contributed by atoms with Crippen molar-refractivity contribution < 1.29 is 19.5 Å². The van der Waals surface area contributed by atoms with E-state index in [0.29, 0.717) is 38.9 Å². The number of nitrogens with zero attached hydrogens (tertiary/aromatic N) is 2. The van der Waals surface area contributed by atoms with E-state index in [-0.39, 0.29) is 17.6 Å². The highest BCUT2D eigenvalue weighted by molar-refractivity contribution is 6.05. The molecule has 4 N–H and O–H groups in total. The number of H-pyrrole nitrogens is 1.